The number of anilines is 1. The minimum Gasteiger partial charge on any atom is -0.397 e. The van der Waals surface area contributed by atoms with Crippen LogP contribution in [0.4, 0.5) is 5.69 Å². The van der Waals surface area contributed by atoms with Crippen molar-refractivity contribution >= 4 is 23.4 Å². The fraction of sp³-hybridized carbons (Fsp3) is 0.0769. The quantitative estimate of drug-likeness (QED) is 0.885. The number of hydrogen-bond acceptors (Lipinski definition) is 4. The van der Waals surface area contributed by atoms with Crippen molar-refractivity contribution in [3.05, 3.63) is 47.7 Å². The van der Waals surface area contributed by atoms with E-state index < -0.39 is 5.91 Å². The second-order valence-electron chi connectivity index (χ2n) is 3.84. The molecule has 5 heteroatoms. The van der Waals surface area contributed by atoms with Gasteiger partial charge in [-0.05, 0) is 24.6 Å². The number of nitrogen functional groups attached to an aromatic ring is 1. The van der Waals surface area contributed by atoms with Gasteiger partial charge in [0, 0.05) is 4.90 Å². The highest BCUT2D eigenvalue weighted by Gasteiger charge is 2.09. The second kappa shape index (κ2) is 5.10. The highest BCUT2D eigenvalue weighted by Crippen LogP contribution is 2.29. The van der Waals surface area contributed by atoms with Gasteiger partial charge in [0.2, 0.25) is 0 Å². The van der Waals surface area contributed by atoms with E-state index in [1.54, 1.807) is 6.07 Å². The lowest BCUT2D eigenvalue weighted by Crippen LogP contribution is -2.13. The van der Waals surface area contributed by atoms with E-state index in [4.69, 9.17) is 11.5 Å². The summed E-state index contributed by atoms with van der Waals surface area (Å²) in [6.07, 6.45) is 1.46. The van der Waals surface area contributed by atoms with Gasteiger partial charge in [0.25, 0.3) is 5.91 Å². The van der Waals surface area contributed by atoms with Crippen molar-refractivity contribution in [2.75, 3.05) is 5.73 Å². The third kappa shape index (κ3) is 2.62. The number of nitrogens with zero attached hydrogens (tertiary/aromatic N) is 1. The molecule has 0 bridgehead atoms. The zero-order chi connectivity index (χ0) is 13.1. The summed E-state index contributed by atoms with van der Waals surface area (Å²) in [6.45, 7) is 2.02. The molecule has 0 aliphatic heterocycles. The Kier molecular flexibility index (Phi) is 3.53. The normalized spacial score (nSPS) is 10.3. The van der Waals surface area contributed by atoms with Gasteiger partial charge in [-0.25, -0.2) is 4.98 Å². The molecule has 1 aromatic heterocycles. The van der Waals surface area contributed by atoms with E-state index in [1.165, 1.54) is 18.0 Å². The predicted molar refractivity (Wildman–Crippen MR) is 72.5 cm³/mol. The molecule has 4 nitrogen and oxygen atoms in total. The molecule has 1 amide bonds. The first-order valence-corrected chi connectivity index (χ1v) is 6.18. The number of amides is 1. The summed E-state index contributed by atoms with van der Waals surface area (Å²) in [6, 6.07) is 9.58. The van der Waals surface area contributed by atoms with E-state index in [-0.39, 0.29) is 0 Å². The molecule has 0 spiro atoms. The maximum Gasteiger partial charge on any atom is 0.250 e. The molecule has 2 rings (SSSR count). The molecule has 92 valence electrons. The van der Waals surface area contributed by atoms with Crippen LogP contribution in [-0.4, -0.2) is 10.9 Å². The average Bonchev–Trinajstić information content (AvgIpc) is 2.34. The average molecular weight is 259 g/mol. The van der Waals surface area contributed by atoms with Gasteiger partial charge in [-0.2, -0.15) is 0 Å². The van der Waals surface area contributed by atoms with Crippen LogP contribution in [0, 0.1) is 6.92 Å². The Hall–Kier alpha value is -2.01. The van der Waals surface area contributed by atoms with Crippen LogP contribution in [0.3, 0.4) is 0 Å². The smallest absolute Gasteiger partial charge is 0.250 e. The van der Waals surface area contributed by atoms with Gasteiger partial charge >= 0.3 is 0 Å². The van der Waals surface area contributed by atoms with Gasteiger partial charge in [-0.15, -0.1) is 0 Å². The number of carbonyl (C=O) groups is 1. The number of hydrogen-bond donors (Lipinski definition) is 2. The van der Waals surface area contributed by atoms with Crippen LogP contribution in [-0.2, 0) is 0 Å². The van der Waals surface area contributed by atoms with E-state index in [1.807, 2.05) is 31.2 Å². The Morgan fingerprint density at radius 3 is 2.72 bits per heavy atom. The number of primary amides is 1. The predicted octanol–water partition coefficient (Wildman–Crippen LogP) is 2.22. The minimum atomic E-state index is -0.540. The maximum absolute atomic E-state index is 11.2. The van der Waals surface area contributed by atoms with Crippen molar-refractivity contribution in [3.63, 3.8) is 0 Å². The van der Waals surface area contributed by atoms with Crippen molar-refractivity contribution in [2.24, 2.45) is 5.73 Å². The van der Waals surface area contributed by atoms with Gasteiger partial charge < -0.3 is 11.5 Å². The Morgan fingerprint density at radius 2 is 2.06 bits per heavy atom. The highest BCUT2D eigenvalue weighted by molar-refractivity contribution is 7.99. The van der Waals surface area contributed by atoms with E-state index in [9.17, 15) is 4.79 Å². The van der Waals surface area contributed by atoms with Crippen LogP contribution in [0.15, 0.2) is 46.5 Å². The summed E-state index contributed by atoms with van der Waals surface area (Å²) in [5.74, 6) is -0.540. The first-order valence-electron chi connectivity index (χ1n) is 5.36. The molecule has 0 saturated heterocycles. The zero-order valence-electron chi connectivity index (χ0n) is 9.88. The van der Waals surface area contributed by atoms with Gasteiger partial charge in [0.15, 0.2) is 0 Å². The van der Waals surface area contributed by atoms with Crippen LogP contribution in [0.1, 0.15) is 15.9 Å². The van der Waals surface area contributed by atoms with Crippen molar-refractivity contribution in [2.45, 2.75) is 16.8 Å². The van der Waals surface area contributed by atoms with E-state index in [2.05, 4.69) is 4.98 Å². The van der Waals surface area contributed by atoms with Gasteiger partial charge in [-0.3, -0.25) is 4.79 Å². The summed E-state index contributed by atoms with van der Waals surface area (Å²) >= 11 is 1.48. The van der Waals surface area contributed by atoms with Crippen molar-refractivity contribution in [3.8, 4) is 0 Å². The van der Waals surface area contributed by atoms with Crippen LogP contribution < -0.4 is 11.5 Å². The molecular formula is C13H13N3OS. The number of carbonyl (C=O) groups excluding carboxylic acids is 1. The third-order valence-corrected chi connectivity index (χ3v) is 3.59. The number of rotatable bonds is 3. The number of aromatic nitrogens is 1. The molecule has 0 aliphatic carbocycles. The molecule has 2 aromatic rings. The Bertz CT molecular complexity index is 599. The van der Waals surface area contributed by atoms with Crippen molar-refractivity contribution in [1.82, 2.24) is 4.98 Å². The Morgan fingerprint density at radius 1 is 1.33 bits per heavy atom. The maximum atomic E-state index is 11.2. The summed E-state index contributed by atoms with van der Waals surface area (Å²) < 4.78 is 0. The molecule has 0 radical (unpaired) electrons. The SMILES string of the molecule is Cc1ccccc1Sc1cc(C(N)=O)c(N)cn1. The molecule has 4 N–H and O–H groups in total. The van der Waals surface area contributed by atoms with Crippen LogP contribution >= 0.6 is 11.8 Å². The largest absolute Gasteiger partial charge is 0.397 e. The molecule has 0 unspecified atom stereocenters. The van der Waals surface area contributed by atoms with Crippen LogP contribution in [0.2, 0.25) is 0 Å². The standard InChI is InChI=1S/C13H13N3OS/c1-8-4-2-3-5-11(8)18-12-6-9(13(15)17)10(14)7-16-12/h2-7H,14H2,1H3,(H2,15,17). The fourth-order valence-corrected chi connectivity index (χ4v) is 2.38. The van der Waals surface area contributed by atoms with Crippen LogP contribution in [0.25, 0.3) is 0 Å². The molecule has 1 heterocycles. The van der Waals surface area contributed by atoms with Crippen LogP contribution in [0.5, 0.6) is 0 Å². The third-order valence-electron chi connectivity index (χ3n) is 2.48. The van der Waals surface area contributed by atoms with Crippen molar-refractivity contribution < 1.29 is 4.79 Å². The van der Waals surface area contributed by atoms with Gasteiger partial charge in [0.05, 0.1) is 17.4 Å². The lowest BCUT2D eigenvalue weighted by atomic mass is 10.2. The molecular weight excluding hydrogens is 246 g/mol. The molecule has 0 saturated carbocycles. The lowest BCUT2D eigenvalue weighted by Gasteiger charge is -2.06. The number of benzene rings is 1. The van der Waals surface area contributed by atoms with Gasteiger partial charge in [-0.1, -0.05) is 30.0 Å². The summed E-state index contributed by atoms with van der Waals surface area (Å²) in [5, 5.41) is 0.701. The number of nitrogens with two attached hydrogens (primary N) is 2. The monoisotopic (exact) mass is 259 g/mol. The first-order chi connectivity index (χ1) is 8.58. The van der Waals surface area contributed by atoms with Gasteiger partial charge in [0.1, 0.15) is 5.03 Å². The Balaban J connectivity index is 2.33. The van der Waals surface area contributed by atoms with E-state index in [0.717, 1.165) is 10.5 Å². The summed E-state index contributed by atoms with van der Waals surface area (Å²) in [4.78, 5) is 16.5. The summed E-state index contributed by atoms with van der Waals surface area (Å²) in [7, 11) is 0. The molecule has 0 atom stereocenters. The first kappa shape index (κ1) is 12.4. The van der Waals surface area contributed by atoms with Crippen molar-refractivity contribution in [1.29, 1.82) is 0 Å². The molecule has 0 aliphatic rings. The number of pyridine rings is 1. The highest BCUT2D eigenvalue weighted by atomic mass is 32.2. The minimum absolute atomic E-state index is 0.302. The van der Waals surface area contributed by atoms with E-state index >= 15 is 0 Å². The molecule has 1 aromatic carbocycles. The number of aryl methyl sites for hydroxylation is 1. The topological polar surface area (TPSA) is 82.0 Å². The van der Waals surface area contributed by atoms with E-state index in [0.29, 0.717) is 16.3 Å². The lowest BCUT2D eigenvalue weighted by molar-refractivity contribution is 0.100. The molecule has 18 heavy (non-hydrogen) atoms. The summed E-state index contributed by atoms with van der Waals surface area (Å²) in [5.41, 5.74) is 12.7. The fourth-order valence-electron chi connectivity index (χ4n) is 1.50. The second-order valence-corrected chi connectivity index (χ2v) is 4.90. The molecule has 0 fully saturated rings. The Labute approximate surface area is 109 Å². The zero-order valence-corrected chi connectivity index (χ0v) is 10.7.